The molecule has 0 radical (unpaired) electrons. The summed E-state index contributed by atoms with van der Waals surface area (Å²) in [5.41, 5.74) is 1.68. The lowest BCUT2D eigenvalue weighted by molar-refractivity contribution is 0.367. The molecule has 24 heavy (non-hydrogen) atoms. The number of alkyl halides is 1. The number of rotatable bonds is 5. The molecule has 0 bridgehead atoms. The lowest BCUT2D eigenvalue weighted by Gasteiger charge is -2.17. The number of halogens is 1. The largest absolute Gasteiger partial charge is 0.364 e. The molecule has 4 rings (SSSR count). The van der Waals surface area contributed by atoms with E-state index < -0.39 is 0 Å². The molecule has 0 spiro atoms. The van der Waals surface area contributed by atoms with Crippen LogP contribution < -0.4 is 10.6 Å². The van der Waals surface area contributed by atoms with E-state index in [1.165, 1.54) is 4.88 Å². The van der Waals surface area contributed by atoms with E-state index in [4.69, 9.17) is 0 Å². The van der Waals surface area contributed by atoms with Crippen molar-refractivity contribution in [3.63, 3.8) is 0 Å². The zero-order chi connectivity index (χ0) is 16.5. The minimum absolute atomic E-state index is 0.0267. The van der Waals surface area contributed by atoms with Gasteiger partial charge in [-0.3, -0.25) is 13.8 Å². The van der Waals surface area contributed by atoms with Gasteiger partial charge < -0.3 is 10.6 Å². The van der Waals surface area contributed by atoms with Gasteiger partial charge in [0.25, 0.3) is 0 Å². The Bertz CT molecular complexity index is 844. The van der Waals surface area contributed by atoms with E-state index in [1.54, 1.807) is 23.7 Å². The number of anilines is 1. The molecule has 0 aromatic carbocycles. The van der Waals surface area contributed by atoms with Crippen molar-refractivity contribution in [2.45, 2.75) is 19.4 Å². The third-order valence-corrected chi connectivity index (χ3v) is 5.52. The van der Waals surface area contributed by atoms with Gasteiger partial charge in [-0.2, -0.15) is 0 Å². The number of aryl methyl sites for hydroxylation is 1. The molecule has 1 aliphatic rings. The Kier molecular flexibility index (Phi) is 4.15. The molecule has 1 saturated heterocycles. The molecule has 0 saturated carbocycles. The van der Waals surface area contributed by atoms with Crippen molar-refractivity contribution in [1.29, 1.82) is 0 Å². The maximum Gasteiger partial charge on any atom is 0.194 e. The number of imidazole rings is 1. The summed E-state index contributed by atoms with van der Waals surface area (Å²) < 4.78 is 15.1. The van der Waals surface area contributed by atoms with Crippen molar-refractivity contribution in [1.82, 2.24) is 24.7 Å². The first kappa shape index (κ1) is 15.5. The Morgan fingerprint density at radius 1 is 1.38 bits per heavy atom. The molecule has 2 unspecified atom stereocenters. The first-order chi connectivity index (χ1) is 11.8. The van der Waals surface area contributed by atoms with Crippen molar-refractivity contribution >= 4 is 22.1 Å². The molecule has 3 aromatic heterocycles. The summed E-state index contributed by atoms with van der Waals surface area (Å²) in [6.45, 7) is 3.23. The lowest BCUT2D eigenvalue weighted by atomic mass is 10.1. The third kappa shape index (κ3) is 2.76. The van der Waals surface area contributed by atoms with Gasteiger partial charge in [0.1, 0.15) is 11.5 Å². The Hall–Kier alpha value is -2.06. The summed E-state index contributed by atoms with van der Waals surface area (Å²) in [6, 6.07) is 0.0397. The molecule has 1 fully saturated rings. The van der Waals surface area contributed by atoms with E-state index >= 15 is 0 Å². The number of nitrogens with zero attached hydrogens (tertiary/aromatic N) is 4. The number of aromatic nitrogens is 4. The van der Waals surface area contributed by atoms with Crippen molar-refractivity contribution in [2.75, 3.05) is 25.1 Å². The second-order valence-electron chi connectivity index (χ2n) is 5.96. The molecular formula is C16H19FN6S. The predicted molar refractivity (Wildman–Crippen MR) is 93.2 cm³/mol. The fraction of sp³-hybridized carbons (Fsp3) is 0.438. The minimum atomic E-state index is -0.338. The fourth-order valence-electron chi connectivity index (χ4n) is 3.00. The SMILES string of the molecule is CCc1cn2c(-c3cncc(NC4CNCC4CF)n3)cnc2s1. The van der Waals surface area contributed by atoms with Crippen molar-refractivity contribution in [2.24, 2.45) is 5.92 Å². The van der Waals surface area contributed by atoms with Gasteiger partial charge in [-0.25, -0.2) is 9.97 Å². The Morgan fingerprint density at radius 3 is 3.12 bits per heavy atom. The van der Waals surface area contributed by atoms with Crippen LogP contribution in [0.4, 0.5) is 10.2 Å². The van der Waals surface area contributed by atoms with Crippen LogP contribution in [0.5, 0.6) is 0 Å². The molecule has 4 heterocycles. The number of fused-ring (bicyclic) bond motifs is 1. The summed E-state index contributed by atoms with van der Waals surface area (Å²) in [5.74, 6) is 0.640. The summed E-state index contributed by atoms with van der Waals surface area (Å²) in [6.07, 6.45) is 8.32. The first-order valence-corrected chi connectivity index (χ1v) is 8.91. The predicted octanol–water partition coefficient (Wildman–Crippen LogP) is 2.38. The third-order valence-electron chi connectivity index (χ3n) is 4.38. The highest BCUT2D eigenvalue weighted by Crippen LogP contribution is 2.25. The molecule has 2 atom stereocenters. The van der Waals surface area contributed by atoms with E-state index in [1.807, 2.05) is 6.20 Å². The van der Waals surface area contributed by atoms with Gasteiger partial charge in [0.2, 0.25) is 0 Å². The smallest absolute Gasteiger partial charge is 0.194 e. The highest BCUT2D eigenvalue weighted by Gasteiger charge is 2.27. The average molecular weight is 346 g/mol. The van der Waals surface area contributed by atoms with Gasteiger partial charge >= 0.3 is 0 Å². The molecule has 8 heteroatoms. The Labute approximate surface area is 143 Å². The van der Waals surface area contributed by atoms with Crippen molar-refractivity contribution < 1.29 is 4.39 Å². The van der Waals surface area contributed by atoms with Crippen LogP contribution in [0, 0.1) is 5.92 Å². The molecule has 1 aliphatic heterocycles. The number of hydrogen-bond donors (Lipinski definition) is 2. The highest BCUT2D eigenvalue weighted by molar-refractivity contribution is 7.17. The summed E-state index contributed by atoms with van der Waals surface area (Å²) >= 11 is 1.68. The van der Waals surface area contributed by atoms with Gasteiger partial charge in [0.15, 0.2) is 4.96 Å². The molecule has 0 aliphatic carbocycles. The second-order valence-corrected chi connectivity index (χ2v) is 7.05. The summed E-state index contributed by atoms with van der Waals surface area (Å²) in [4.78, 5) is 15.6. The second kappa shape index (κ2) is 6.45. The van der Waals surface area contributed by atoms with E-state index in [0.29, 0.717) is 12.4 Å². The Balaban J connectivity index is 1.63. The lowest BCUT2D eigenvalue weighted by Crippen LogP contribution is -2.29. The standard InChI is InChI=1S/C16H19FN6S/c1-2-11-9-23-14(7-20-16(23)24-11)13-6-19-8-15(22-13)21-12-5-18-4-10(12)3-17/h6-10,12,18H,2-5H2,1H3,(H,21,22). The molecular weight excluding hydrogens is 327 g/mol. The topological polar surface area (TPSA) is 67.1 Å². The van der Waals surface area contributed by atoms with E-state index in [0.717, 1.165) is 29.3 Å². The van der Waals surface area contributed by atoms with E-state index in [9.17, 15) is 4.39 Å². The van der Waals surface area contributed by atoms with Crippen LogP contribution in [0.15, 0.2) is 24.8 Å². The van der Waals surface area contributed by atoms with E-state index in [2.05, 4.69) is 43.1 Å². The molecule has 2 N–H and O–H groups in total. The monoisotopic (exact) mass is 346 g/mol. The van der Waals surface area contributed by atoms with Crippen molar-refractivity contribution in [3.8, 4) is 11.4 Å². The minimum Gasteiger partial charge on any atom is -0.364 e. The number of thiazole rings is 1. The maximum absolute atomic E-state index is 13.0. The van der Waals surface area contributed by atoms with Gasteiger partial charge in [-0.15, -0.1) is 11.3 Å². The fourth-order valence-corrected chi connectivity index (χ4v) is 3.89. The maximum atomic E-state index is 13.0. The molecule has 3 aromatic rings. The van der Waals surface area contributed by atoms with Crippen LogP contribution in [0.1, 0.15) is 11.8 Å². The van der Waals surface area contributed by atoms with Crippen LogP contribution in [-0.4, -0.2) is 45.2 Å². The highest BCUT2D eigenvalue weighted by atomic mass is 32.1. The van der Waals surface area contributed by atoms with Gasteiger partial charge in [0, 0.05) is 36.1 Å². The molecule has 6 nitrogen and oxygen atoms in total. The van der Waals surface area contributed by atoms with Gasteiger partial charge in [0.05, 0.1) is 31.0 Å². The van der Waals surface area contributed by atoms with Gasteiger partial charge in [-0.1, -0.05) is 6.92 Å². The van der Waals surface area contributed by atoms with E-state index in [-0.39, 0.29) is 18.6 Å². The number of hydrogen-bond acceptors (Lipinski definition) is 6. The van der Waals surface area contributed by atoms with Crippen LogP contribution in [-0.2, 0) is 6.42 Å². The zero-order valence-electron chi connectivity index (χ0n) is 13.4. The average Bonchev–Trinajstić information content (AvgIpc) is 3.29. The quantitative estimate of drug-likeness (QED) is 0.742. The van der Waals surface area contributed by atoms with Crippen LogP contribution in [0.3, 0.4) is 0 Å². The van der Waals surface area contributed by atoms with Crippen LogP contribution >= 0.6 is 11.3 Å². The Morgan fingerprint density at radius 2 is 2.29 bits per heavy atom. The zero-order valence-corrected chi connectivity index (χ0v) is 14.2. The van der Waals surface area contributed by atoms with Crippen LogP contribution in [0.2, 0.25) is 0 Å². The normalized spacial score (nSPS) is 20.8. The van der Waals surface area contributed by atoms with Gasteiger partial charge in [-0.05, 0) is 6.42 Å². The van der Waals surface area contributed by atoms with Crippen molar-refractivity contribution in [3.05, 3.63) is 29.7 Å². The molecule has 126 valence electrons. The van der Waals surface area contributed by atoms with Crippen LogP contribution in [0.25, 0.3) is 16.3 Å². The molecule has 0 amide bonds. The summed E-state index contributed by atoms with van der Waals surface area (Å²) in [7, 11) is 0. The summed E-state index contributed by atoms with van der Waals surface area (Å²) in [5, 5.41) is 6.51. The number of nitrogens with one attached hydrogen (secondary N) is 2. The first-order valence-electron chi connectivity index (χ1n) is 8.10.